The van der Waals surface area contributed by atoms with Crippen LogP contribution in [0.5, 0.6) is 0 Å². The van der Waals surface area contributed by atoms with Crippen LogP contribution in [0.2, 0.25) is 0 Å². The fraction of sp³-hybridized carbons (Fsp3) is 0.190. The van der Waals surface area contributed by atoms with Crippen LogP contribution >= 0.6 is 11.9 Å². The predicted molar refractivity (Wildman–Crippen MR) is 101 cm³/mol. The zero-order chi connectivity index (χ0) is 15.9. The van der Waals surface area contributed by atoms with E-state index in [0.29, 0.717) is 11.3 Å². The molecule has 2 nitrogen and oxygen atoms in total. The van der Waals surface area contributed by atoms with E-state index in [1.165, 1.54) is 27.9 Å². The molecule has 3 unspecified atom stereocenters. The van der Waals surface area contributed by atoms with Crippen molar-refractivity contribution in [1.29, 1.82) is 0 Å². The van der Waals surface area contributed by atoms with Crippen molar-refractivity contribution in [2.24, 2.45) is 10.3 Å². The number of nitrogens with zero attached hydrogens (tertiary/aromatic N) is 2. The van der Waals surface area contributed by atoms with Crippen LogP contribution in [0.4, 0.5) is 5.69 Å². The molecule has 3 heterocycles. The van der Waals surface area contributed by atoms with Gasteiger partial charge in [-0.05, 0) is 17.5 Å². The first-order valence-corrected chi connectivity index (χ1v) is 9.25. The highest BCUT2D eigenvalue weighted by Crippen LogP contribution is 2.60. The van der Waals surface area contributed by atoms with E-state index in [2.05, 4.69) is 72.2 Å². The molecule has 0 spiro atoms. The Morgan fingerprint density at radius 1 is 1.12 bits per heavy atom. The molecule has 0 aromatic heterocycles. The number of fused-ring (bicyclic) bond motifs is 6. The van der Waals surface area contributed by atoms with Gasteiger partial charge in [0.25, 0.3) is 0 Å². The molecule has 3 heteroatoms. The quantitative estimate of drug-likeness (QED) is 0.545. The van der Waals surface area contributed by atoms with E-state index < -0.39 is 0 Å². The van der Waals surface area contributed by atoms with E-state index in [9.17, 15) is 0 Å². The average molecular weight is 328 g/mol. The summed E-state index contributed by atoms with van der Waals surface area (Å²) in [6.07, 6.45) is 7.94. The Balaban J connectivity index is 1.77. The first-order valence-electron chi connectivity index (χ1n) is 8.42. The number of benzene rings is 2. The second-order valence-electron chi connectivity index (χ2n) is 6.93. The maximum atomic E-state index is 4.90. The highest BCUT2D eigenvalue weighted by Gasteiger charge is 2.55. The Hall–Kier alpha value is -2.26. The van der Waals surface area contributed by atoms with Gasteiger partial charge in [-0.3, -0.25) is 0 Å². The monoisotopic (exact) mass is 328 g/mol. The van der Waals surface area contributed by atoms with E-state index in [0.717, 1.165) is 12.3 Å². The SMILES string of the molecule is C=CC12CC=CC1C1SN=C3c4ccccc4-c4cccc2c4N31. The number of anilines is 1. The average Bonchev–Trinajstić information content (AvgIpc) is 3.26. The maximum Gasteiger partial charge on any atom is 0.150 e. The van der Waals surface area contributed by atoms with Gasteiger partial charge >= 0.3 is 0 Å². The van der Waals surface area contributed by atoms with Crippen molar-refractivity contribution in [1.82, 2.24) is 0 Å². The van der Waals surface area contributed by atoms with Crippen LogP contribution in [0.15, 0.2) is 71.7 Å². The van der Waals surface area contributed by atoms with E-state index >= 15 is 0 Å². The normalized spacial score (nSPS) is 30.5. The van der Waals surface area contributed by atoms with Gasteiger partial charge in [-0.1, -0.05) is 60.7 Å². The minimum Gasteiger partial charge on any atom is -0.309 e. The molecule has 2 aromatic rings. The van der Waals surface area contributed by atoms with Gasteiger partial charge in [0.1, 0.15) is 11.2 Å². The molecule has 3 atom stereocenters. The molecule has 1 aliphatic carbocycles. The lowest BCUT2D eigenvalue weighted by atomic mass is 9.66. The molecule has 116 valence electrons. The summed E-state index contributed by atoms with van der Waals surface area (Å²) in [5, 5.41) is 0.332. The van der Waals surface area contributed by atoms with Crippen molar-refractivity contribution in [2.45, 2.75) is 17.2 Å². The third-order valence-corrected chi connectivity index (χ3v) is 7.03. The highest BCUT2D eigenvalue weighted by atomic mass is 32.2. The van der Waals surface area contributed by atoms with Crippen LogP contribution in [0, 0.1) is 5.92 Å². The molecule has 0 N–H and O–H groups in total. The molecule has 24 heavy (non-hydrogen) atoms. The third kappa shape index (κ3) is 1.27. The van der Waals surface area contributed by atoms with Crippen LogP contribution in [-0.2, 0) is 5.41 Å². The molecular formula is C21H16N2S. The number of hydrogen-bond acceptors (Lipinski definition) is 3. The summed E-state index contributed by atoms with van der Waals surface area (Å²) in [6, 6.07) is 15.4. The molecule has 0 bridgehead atoms. The van der Waals surface area contributed by atoms with E-state index in [-0.39, 0.29) is 5.41 Å². The van der Waals surface area contributed by atoms with E-state index in [1.807, 2.05) is 0 Å². The Labute approximate surface area is 145 Å². The van der Waals surface area contributed by atoms with Crippen LogP contribution in [0.25, 0.3) is 11.1 Å². The van der Waals surface area contributed by atoms with Crippen LogP contribution < -0.4 is 4.90 Å². The maximum absolute atomic E-state index is 4.90. The molecule has 4 aliphatic rings. The van der Waals surface area contributed by atoms with Gasteiger partial charge in [0.15, 0.2) is 0 Å². The van der Waals surface area contributed by atoms with E-state index in [1.54, 1.807) is 11.9 Å². The zero-order valence-corrected chi connectivity index (χ0v) is 14.0. The van der Waals surface area contributed by atoms with Crippen molar-refractivity contribution >= 4 is 23.5 Å². The molecule has 0 saturated carbocycles. The summed E-state index contributed by atoms with van der Waals surface area (Å²) in [5.41, 5.74) is 6.66. The molecular weight excluding hydrogens is 312 g/mol. The summed E-state index contributed by atoms with van der Waals surface area (Å²) in [7, 11) is 0. The second-order valence-corrected chi connectivity index (χ2v) is 7.81. The smallest absolute Gasteiger partial charge is 0.150 e. The first kappa shape index (κ1) is 13.1. The lowest BCUT2D eigenvalue weighted by Crippen LogP contribution is -2.51. The third-order valence-electron chi connectivity index (χ3n) is 6.03. The topological polar surface area (TPSA) is 15.6 Å². The summed E-state index contributed by atoms with van der Waals surface area (Å²) in [6.45, 7) is 4.24. The Morgan fingerprint density at radius 3 is 2.83 bits per heavy atom. The van der Waals surface area contributed by atoms with Crippen LogP contribution in [-0.4, -0.2) is 11.2 Å². The number of amidine groups is 1. The van der Waals surface area contributed by atoms with Crippen molar-refractivity contribution in [2.75, 3.05) is 4.90 Å². The number of rotatable bonds is 1. The van der Waals surface area contributed by atoms with Gasteiger partial charge in [0.2, 0.25) is 0 Å². The lowest BCUT2D eigenvalue weighted by molar-refractivity contribution is 0.400. The zero-order valence-electron chi connectivity index (χ0n) is 13.1. The highest BCUT2D eigenvalue weighted by molar-refractivity contribution is 7.99. The van der Waals surface area contributed by atoms with Crippen molar-refractivity contribution in [3.05, 3.63) is 78.4 Å². The Morgan fingerprint density at radius 2 is 1.96 bits per heavy atom. The molecule has 3 aliphatic heterocycles. The standard InChI is InChI=1S/C21H16N2S/c1-2-21-12-6-11-17(21)20-23-18-14(9-5-10-16(18)21)13-7-3-4-8-15(13)19(23)22-24-20/h2-11,17,20H,1,12H2. The van der Waals surface area contributed by atoms with Gasteiger partial charge in [0.05, 0.1) is 5.69 Å². The fourth-order valence-corrected chi connectivity index (χ4v) is 6.11. The van der Waals surface area contributed by atoms with Gasteiger partial charge in [-0.15, -0.1) is 6.58 Å². The Bertz CT molecular complexity index is 974. The fourth-order valence-electron chi connectivity index (χ4n) is 4.95. The minimum atomic E-state index is 0.0107. The molecule has 0 radical (unpaired) electrons. The van der Waals surface area contributed by atoms with Gasteiger partial charge in [0, 0.05) is 34.4 Å². The molecule has 2 aromatic carbocycles. The van der Waals surface area contributed by atoms with Crippen molar-refractivity contribution in [3.63, 3.8) is 0 Å². The molecule has 6 rings (SSSR count). The lowest BCUT2D eigenvalue weighted by Gasteiger charge is -2.49. The number of hydrogen-bond donors (Lipinski definition) is 0. The van der Waals surface area contributed by atoms with E-state index in [4.69, 9.17) is 4.40 Å². The van der Waals surface area contributed by atoms with Crippen molar-refractivity contribution in [3.8, 4) is 11.1 Å². The second kappa shape index (κ2) is 4.22. The van der Waals surface area contributed by atoms with Crippen LogP contribution in [0.1, 0.15) is 17.5 Å². The van der Waals surface area contributed by atoms with Gasteiger partial charge in [-0.2, -0.15) is 4.40 Å². The largest absolute Gasteiger partial charge is 0.309 e. The number of allylic oxidation sites excluding steroid dienone is 2. The molecule has 0 fully saturated rings. The summed E-state index contributed by atoms with van der Waals surface area (Å²) in [5.74, 6) is 1.55. The predicted octanol–water partition coefficient (Wildman–Crippen LogP) is 4.92. The van der Waals surface area contributed by atoms with Gasteiger partial charge < -0.3 is 4.90 Å². The summed E-state index contributed by atoms with van der Waals surface area (Å²) in [4.78, 5) is 2.49. The number of para-hydroxylation sites is 1. The first-order chi connectivity index (χ1) is 11.8. The van der Waals surface area contributed by atoms with Gasteiger partial charge in [-0.25, -0.2) is 0 Å². The Kier molecular flexibility index (Phi) is 2.30. The van der Waals surface area contributed by atoms with Crippen LogP contribution in [0.3, 0.4) is 0 Å². The van der Waals surface area contributed by atoms with Crippen molar-refractivity contribution < 1.29 is 0 Å². The molecule has 0 amide bonds. The minimum absolute atomic E-state index is 0.0107. The summed E-state index contributed by atoms with van der Waals surface area (Å²) < 4.78 is 4.90. The summed E-state index contributed by atoms with van der Waals surface area (Å²) >= 11 is 1.72. The molecule has 0 saturated heterocycles.